The number of hydrogen-bond donors (Lipinski definition) is 1. The van der Waals surface area contributed by atoms with Crippen LogP contribution in [0.1, 0.15) is 17.3 Å². The molecule has 2 aromatic carbocycles. The van der Waals surface area contributed by atoms with Crippen molar-refractivity contribution in [2.24, 2.45) is 0 Å². The van der Waals surface area contributed by atoms with Crippen LogP contribution >= 0.6 is 24.0 Å². The number of amides is 1. The predicted molar refractivity (Wildman–Crippen MR) is 97.5 cm³/mol. The van der Waals surface area contributed by atoms with E-state index in [2.05, 4.69) is 12.2 Å². The second-order valence-electron chi connectivity index (χ2n) is 5.61. The van der Waals surface area contributed by atoms with Crippen LogP contribution < -0.4 is 5.32 Å². The van der Waals surface area contributed by atoms with Crippen LogP contribution in [-0.4, -0.2) is 36.5 Å². The lowest BCUT2D eigenvalue weighted by molar-refractivity contribution is 0.0656. The van der Waals surface area contributed by atoms with E-state index in [4.69, 9.17) is 11.6 Å². The van der Waals surface area contributed by atoms with Gasteiger partial charge in [-0.15, -0.1) is 12.4 Å². The van der Waals surface area contributed by atoms with E-state index in [1.54, 1.807) is 0 Å². The standard InChI is InChI=1S/C18H19ClN2O.ClH/c1-13-12-20-9-10-21(13)18(22)16-11-15(7-8-17(16)19)14-5-3-2-4-6-14;/h2-8,11,13,20H,9-10,12H2,1H3;1H/t13-;/m0./s1. The Labute approximate surface area is 148 Å². The third kappa shape index (κ3) is 3.86. The fourth-order valence-corrected chi connectivity index (χ4v) is 3.00. The summed E-state index contributed by atoms with van der Waals surface area (Å²) in [6.45, 7) is 4.42. The van der Waals surface area contributed by atoms with Gasteiger partial charge in [0.25, 0.3) is 5.91 Å². The molecule has 1 saturated heterocycles. The van der Waals surface area contributed by atoms with Crippen molar-refractivity contribution < 1.29 is 4.79 Å². The van der Waals surface area contributed by atoms with Gasteiger partial charge in [0.15, 0.2) is 0 Å². The Morgan fingerprint density at radius 1 is 1.17 bits per heavy atom. The molecule has 0 aromatic heterocycles. The second-order valence-corrected chi connectivity index (χ2v) is 6.02. The zero-order valence-corrected chi connectivity index (χ0v) is 14.5. The number of rotatable bonds is 2. The highest BCUT2D eigenvalue weighted by atomic mass is 35.5. The summed E-state index contributed by atoms with van der Waals surface area (Å²) in [4.78, 5) is 14.7. The lowest BCUT2D eigenvalue weighted by Crippen LogP contribution is -2.52. The van der Waals surface area contributed by atoms with Gasteiger partial charge in [-0.25, -0.2) is 0 Å². The lowest BCUT2D eigenvalue weighted by Gasteiger charge is -2.34. The summed E-state index contributed by atoms with van der Waals surface area (Å²) in [6.07, 6.45) is 0. The topological polar surface area (TPSA) is 32.3 Å². The van der Waals surface area contributed by atoms with Crippen LogP contribution in [0.4, 0.5) is 0 Å². The Bertz CT molecular complexity index is 676. The molecule has 1 aliphatic rings. The molecule has 1 N–H and O–H groups in total. The van der Waals surface area contributed by atoms with Crippen molar-refractivity contribution in [2.75, 3.05) is 19.6 Å². The SMILES string of the molecule is C[C@H]1CNCCN1C(=O)c1cc(-c2ccccc2)ccc1Cl.Cl. The minimum absolute atomic E-state index is 0. The number of halogens is 2. The first-order valence-corrected chi connectivity index (χ1v) is 7.91. The Kier molecular flexibility index (Phi) is 6.05. The average Bonchev–Trinajstić information content (AvgIpc) is 2.56. The van der Waals surface area contributed by atoms with Crippen LogP contribution in [0.25, 0.3) is 11.1 Å². The first kappa shape index (κ1) is 17.8. The van der Waals surface area contributed by atoms with Crippen molar-refractivity contribution in [3.63, 3.8) is 0 Å². The summed E-state index contributed by atoms with van der Waals surface area (Å²) in [5.74, 6) is 0.0109. The third-order valence-corrected chi connectivity index (χ3v) is 4.40. The molecule has 1 heterocycles. The minimum Gasteiger partial charge on any atom is -0.333 e. The van der Waals surface area contributed by atoms with Gasteiger partial charge in [0.1, 0.15) is 0 Å². The van der Waals surface area contributed by atoms with Crippen LogP contribution in [0.2, 0.25) is 5.02 Å². The predicted octanol–water partition coefficient (Wildman–Crippen LogP) is 3.86. The molecular formula is C18H20Cl2N2O. The van der Waals surface area contributed by atoms with Crippen LogP contribution in [0, 0.1) is 0 Å². The second kappa shape index (κ2) is 7.82. The summed E-state index contributed by atoms with van der Waals surface area (Å²) in [5, 5.41) is 3.81. The molecule has 23 heavy (non-hydrogen) atoms. The maximum absolute atomic E-state index is 12.8. The Balaban J connectivity index is 0.00000192. The first-order valence-electron chi connectivity index (χ1n) is 7.53. The molecule has 0 spiro atoms. The van der Waals surface area contributed by atoms with E-state index in [0.29, 0.717) is 17.1 Å². The first-order chi connectivity index (χ1) is 10.7. The quantitative estimate of drug-likeness (QED) is 0.891. The van der Waals surface area contributed by atoms with Crippen LogP contribution in [-0.2, 0) is 0 Å². The molecule has 2 aromatic rings. The number of carbonyl (C=O) groups is 1. The van der Waals surface area contributed by atoms with Crippen molar-refractivity contribution in [3.05, 3.63) is 59.1 Å². The Morgan fingerprint density at radius 2 is 1.91 bits per heavy atom. The van der Waals surface area contributed by atoms with Crippen molar-refractivity contribution in [2.45, 2.75) is 13.0 Å². The molecule has 0 saturated carbocycles. The van der Waals surface area contributed by atoms with E-state index < -0.39 is 0 Å². The van der Waals surface area contributed by atoms with Gasteiger partial charge in [0.05, 0.1) is 10.6 Å². The van der Waals surface area contributed by atoms with Gasteiger partial charge in [-0.05, 0) is 30.2 Å². The zero-order valence-electron chi connectivity index (χ0n) is 13.0. The van der Waals surface area contributed by atoms with Crippen LogP contribution in [0.3, 0.4) is 0 Å². The van der Waals surface area contributed by atoms with Gasteiger partial charge >= 0.3 is 0 Å². The molecule has 1 atom stereocenters. The maximum atomic E-state index is 12.8. The van der Waals surface area contributed by atoms with E-state index in [1.165, 1.54) is 0 Å². The zero-order chi connectivity index (χ0) is 15.5. The smallest absolute Gasteiger partial charge is 0.255 e. The number of hydrogen-bond acceptors (Lipinski definition) is 2. The summed E-state index contributed by atoms with van der Waals surface area (Å²) in [6, 6.07) is 15.9. The van der Waals surface area contributed by atoms with Gasteiger partial charge in [-0.3, -0.25) is 4.79 Å². The lowest BCUT2D eigenvalue weighted by atomic mass is 10.0. The maximum Gasteiger partial charge on any atom is 0.255 e. The van der Waals surface area contributed by atoms with E-state index in [-0.39, 0.29) is 24.4 Å². The fourth-order valence-electron chi connectivity index (χ4n) is 2.80. The van der Waals surface area contributed by atoms with Gasteiger partial charge in [-0.2, -0.15) is 0 Å². The largest absolute Gasteiger partial charge is 0.333 e. The fraction of sp³-hybridized carbons (Fsp3) is 0.278. The Hall–Kier alpha value is -1.55. The summed E-state index contributed by atoms with van der Waals surface area (Å²) >= 11 is 6.28. The minimum atomic E-state index is 0. The molecular weight excluding hydrogens is 331 g/mol. The molecule has 1 aliphatic heterocycles. The molecule has 3 rings (SSSR count). The normalized spacial score (nSPS) is 17.5. The van der Waals surface area contributed by atoms with E-state index in [1.807, 2.05) is 53.4 Å². The summed E-state index contributed by atoms with van der Waals surface area (Å²) in [7, 11) is 0. The highest BCUT2D eigenvalue weighted by Crippen LogP contribution is 2.26. The number of benzene rings is 2. The Morgan fingerprint density at radius 3 is 2.61 bits per heavy atom. The third-order valence-electron chi connectivity index (χ3n) is 4.07. The number of carbonyl (C=O) groups excluding carboxylic acids is 1. The molecule has 3 nitrogen and oxygen atoms in total. The highest BCUT2D eigenvalue weighted by molar-refractivity contribution is 6.34. The molecule has 0 unspecified atom stereocenters. The molecule has 122 valence electrons. The summed E-state index contributed by atoms with van der Waals surface area (Å²) in [5.41, 5.74) is 2.68. The molecule has 0 aliphatic carbocycles. The molecule has 0 radical (unpaired) electrons. The van der Waals surface area contributed by atoms with E-state index in [9.17, 15) is 4.79 Å². The van der Waals surface area contributed by atoms with E-state index in [0.717, 1.165) is 24.2 Å². The average molecular weight is 351 g/mol. The van der Waals surface area contributed by atoms with Gasteiger partial charge in [0, 0.05) is 25.7 Å². The molecule has 1 fully saturated rings. The monoisotopic (exact) mass is 350 g/mol. The van der Waals surface area contributed by atoms with Crippen LogP contribution in [0.15, 0.2) is 48.5 Å². The van der Waals surface area contributed by atoms with Gasteiger partial charge < -0.3 is 10.2 Å². The van der Waals surface area contributed by atoms with Crippen molar-refractivity contribution in [3.8, 4) is 11.1 Å². The molecule has 1 amide bonds. The number of nitrogens with one attached hydrogen (secondary N) is 1. The number of piperazine rings is 1. The van der Waals surface area contributed by atoms with E-state index >= 15 is 0 Å². The van der Waals surface area contributed by atoms with Crippen LogP contribution in [0.5, 0.6) is 0 Å². The highest BCUT2D eigenvalue weighted by Gasteiger charge is 2.25. The van der Waals surface area contributed by atoms with Crippen molar-refractivity contribution in [1.29, 1.82) is 0 Å². The van der Waals surface area contributed by atoms with Gasteiger partial charge in [-0.1, -0.05) is 48.0 Å². The molecule has 5 heteroatoms. The summed E-state index contributed by atoms with van der Waals surface area (Å²) < 4.78 is 0. The van der Waals surface area contributed by atoms with Gasteiger partial charge in [0.2, 0.25) is 0 Å². The number of nitrogens with zero attached hydrogens (tertiary/aromatic N) is 1. The molecule has 0 bridgehead atoms. The van der Waals surface area contributed by atoms with Crippen molar-refractivity contribution >= 4 is 29.9 Å². The van der Waals surface area contributed by atoms with Crippen molar-refractivity contribution in [1.82, 2.24) is 10.2 Å².